The first-order chi connectivity index (χ1) is 26.4. The third kappa shape index (κ3) is 24.9. The van der Waals surface area contributed by atoms with E-state index in [4.69, 9.17) is 18.5 Å². The van der Waals surface area contributed by atoms with Gasteiger partial charge in [0.2, 0.25) is 0 Å². The van der Waals surface area contributed by atoms with Gasteiger partial charge in [-0.2, -0.15) is 0 Å². The molecule has 6 unspecified atom stereocenters. The van der Waals surface area contributed by atoms with Crippen LogP contribution in [0.5, 0.6) is 0 Å². The van der Waals surface area contributed by atoms with E-state index in [1.54, 1.807) is 0 Å². The second-order valence-corrected chi connectivity index (χ2v) is 15.5. The molecule has 1 aliphatic carbocycles. The van der Waals surface area contributed by atoms with Gasteiger partial charge in [0.15, 0.2) is 6.10 Å². The molecule has 0 heterocycles. The lowest BCUT2D eigenvalue weighted by atomic mass is 9.85. The van der Waals surface area contributed by atoms with E-state index < -0.39 is 75.7 Å². The molecule has 14 heteroatoms. The van der Waals surface area contributed by atoms with Crippen molar-refractivity contribution in [3.8, 4) is 0 Å². The maximum absolute atomic E-state index is 12.7. The minimum absolute atomic E-state index is 0.0761. The summed E-state index contributed by atoms with van der Waals surface area (Å²) in [6, 6.07) is 0. The summed E-state index contributed by atoms with van der Waals surface area (Å²) >= 11 is 0. The molecule has 0 spiro atoms. The summed E-state index contributed by atoms with van der Waals surface area (Å²) in [7, 11) is -5.12. The first kappa shape index (κ1) is 50.8. The van der Waals surface area contributed by atoms with Gasteiger partial charge in [-0.05, 0) is 70.6 Å². The molecule has 55 heavy (non-hydrogen) atoms. The smallest absolute Gasteiger partial charge is 0.462 e. The molecular weight excluding hydrogens is 731 g/mol. The van der Waals surface area contributed by atoms with Crippen LogP contribution in [0.3, 0.4) is 0 Å². The van der Waals surface area contributed by atoms with Gasteiger partial charge < -0.3 is 39.9 Å². The normalized spacial score (nSPS) is 23.6. The molecule has 0 aliphatic heterocycles. The van der Waals surface area contributed by atoms with Crippen molar-refractivity contribution in [3.05, 3.63) is 48.6 Å². The van der Waals surface area contributed by atoms with Crippen molar-refractivity contribution in [3.63, 3.8) is 0 Å². The minimum Gasteiger partial charge on any atom is -0.462 e. The lowest BCUT2D eigenvalue weighted by molar-refractivity contribution is -0.220. The Kier molecular flexibility index (Phi) is 29.4. The number of phosphoric acid groups is 1. The lowest BCUT2D eigenvalue weighted by Crippen LogP contribution is -2.64. The fourth-order valence-corrected chi connectivity index (χ4v) is 6.72. The fourth-order valence-electron chi connectivity index (χ4n) is 5.74. The SMILES string of the molecule is CCCC/C=C/CCCCCCCC(=O)O[C@H](COC(=O)CCCC/C=C/C/C=C/C/C=C/CCCCC)COP(=O)(O)OC1C(O)C(O)C(O)[C@@H](O)C1O. The second-order valence-electron chi connectivity index (χ2n) is 14.1. The van der Waals surface area contributed by atoms with Crippen molar-refractivity contribution in [2.45, 2.75) is 185 Å². The predicted octanol–water partition coefficient (Wildman–Crippen LogP) is 6.83. The van der Waals surface area contributed by atoms with Crippen molar-refractivity contribution in [1.82, 2.24) is 0 Å². The lowest BCUT2D eigenvalue weighted by Gasteiger charge is -2.41. The number of hydrogen-bond acceptors (Lipinski definition) is 12. The van der Waals surface area contributed by atoms with Crippen molar-refractivity contribution in [2.75, 3.05) is 13.2 Å². The number of esters is 2. The molecular formula is C41H71O13P. The summed E-state index contributed by atoms with van der Waals surface area (Å²) in [5.74, 6) is -1.16. The van der Waals surface area contributed by atoms with Crippen LogP contribution in [-0.4, -0.2) is 98.3 Å². The Labute approximate surface area is 329 Å². The van der Waals surface area contributed by atoms with Crippen LogP contribution in [0, 0.1) is 0 Å². The number of rotatable bonds is 32. The second kappa shape index (κ2) is 31.8. The van der Waals surface area contributed by atoms with Crippen LogP contribution in [0.4, 0.5) is 0 Å². The van der Waals surface area contributed by atoms with Crippen molar-refractivity contribution < 1.29 is 63.1 Å². The number of allylic oxidation sites excluding steroid dienone is 8. The number of carbonyl (C=O) groups excluding carboxylic acids is 2. The van der Waals surface area contributed by atoms with Crippen LogP contribution in [0.15, 0.2) is 48.6 Å². The number of ether oxygens (including phenoxy) is 2. The number of hydrogen-bond donors (Lipinski definition) is 6. The van der Waals surface area contributed by atoms with Crippen molar-refractivity contribution in [2.24, 2.45) is 0 Å². The van der Waals surface area contributed by atoms with E-state index in [1.165, 1.54) is 32.1 Å². The topological polar surface area (TPSA) is 210 Å². The molecule has 0 aromatic carbocycles. The molecule has 8 atom stereocenters. The summed E-state index contributed by atoms with van der Waals surface area (Å²) in [5, 5.41) is 50.0. The highest BCUT2D eigenvalue weighted by atomic mass is 31.2. The molecule has 1 fully saturated rings. The average Bonchev–Trinajstić information content (AvgIpc) is 3.16. The van der Waals surface area contributed by atoms with Crippen LogP contribution >= 0.6 is 7.82 Å². The fraction of sp³-hybridized carbons (Fsp3) is 0.756. The number of carbonyl (C=O) groups is 2. The van der Waals surface area contributed by atoms with Crippen LogP contribution in [0.25, 0.3) is 0 Å². The molecule has 1 aliphatic rings. The largest absolute Gasteiger partial charge is 0.472 e. The van der Waals surface area contributed by atoms with E-state index in [2.05, 4.69) is 62.5 Å². The maximum atomic E-state index is 12.7. The zero-order valence-electron chi connectivity index (χ0n) is 33.2. The summed E-state index contributed by atoms with van der Waals surface area (Å²) in [6.07, 6.45) is 21.9. The number of aliphatic hydroxyl groups is 5. The van der Waals surface area contributed by atoms with Gasteiger partial charge in [0.25, 0.3) is 0 Å². The van der Waals surface area contributed by atoms with Gasteiger partial charge in [-0.25, -0.2) is 4.57 Å². The molecule has 0 amide bonds. The molecule has 0 saturated heterocycles. The standard InChI is InChI=1S/C41H71O13P/c1-3-5-7-9-11-13-15-16-17-18-20-21-23-25-27-29-34(42)51-31-33(53-35(43)30-28-26-24-22-19-14-12-10-8-6-4-2)32-52-55(49,50)54-41-39(47)37(45)36(44)38(46)40(41)48/h10-13,16-17,20-21,33,36-41,44-48H,3-9,14-15,18-19,22-32H2,1-2H3,(H,49,50)/b12-10+,13-11+,17-16+,21-20+/t33-,36?,37-,38?,39?,40?,41?/m1/s1. The summed E-state index contributed by atoms with van der Waals surface area (Å²) in [6.45, 7) is 3.15. The Morgan fingerprint density at radius 3 is 1.60 bits per heavy atom. The van der Waals surface area contributed by atoms with Crippen LogP contribution in [-0.2, 0) is 32.7 Å². The summed E-state index contributed by atoms with van der Waals surface area (Å²) in [5.41, 5.74) is 0. The minimum atomic E-state index is -5.12. The molecule has 318 valence electrons. The Bertz CT molecular complexity index is 1160. The molecule has 1 rings (SSSR count). The molecule has 0 radical (unpaired) electrons. The average molecular weight is 803 g/mol. The van der Waals surface area contributed by atoms with Gasteiger partial charge >= 0.3 is 19.8 Å². The van der Waals surface area contributed by atoms with E-state index in [1.807, 2.05) is 0 Å². The van der Waals surface area contributed by atoms with Gasteiger partial charge in [-0.3, -0.25) is 18.6 Å². The number of aliphatic hydroxyl groups excluding tert-OH is 5. The first-order valence-corrected chi connectivity index (χ1v) is 21.9. The highest BCUT2D eigenvalue weighted by molar-refractivity contribution is 7.47. The molecule has 13 nitrogen and oxygen atoms in total. The first-order valence-electron chi connectivity index (χ1n) is 20.4. The van der Waals surface area contributed by atoms with E-state index in [9.17, 15) is 44.6 Å². The summed E-state index contributed by atoms with van der Waals surface area (Å²) in [4.78, 5) is 35.5. The van der Waals surface area contributed by atoms with E-state index in [-0.39, 0.29) is 12.8 Å². The third-order valence-electron chi connectivity index (χ3n) is 9.14. The third-order valence-corrected chi connectivity index (χ3v) is 10.1. The molecule has 0 bridgehead atoms. The number of phosphoric ester groups is 1. The van der Waals surface area contributed by atoms with E-state index in [0.717, 1.165) is 70.6 Å². The Hall–Kier alpha value is -2.19. The van der Waals surface area contributed by atoms with Crippen LogP contribution in [0.1, 0.15) is 142 Å². The van der Waals surface area contributed by atoms with Crippen LogP contribution in [0.2, 0.25) is 0 Å². The predicted molar refractivity (Wildman–Crippen MR) is 212 cm³/mol. The maximum Gasteiger partial charge on any atom is 0.472 e. The van der Waals surface area contributed by atoms with Crippen molar-refractivity contribution >= 4 is 19.8 Å². The highest BCUT2D eigenvalue weighted by Gasteiger charge is 2.51. The van der Waals surface area contributed by atoms with Gasteiger partial charge in [-0.1, -0.05) is 107 Å². The zero-order valence-corrected chi connectivity index (χ0v) is 34.1. The molecule has 1 saturated carbocycles. The van der Waals surface area contributed by atoms with Gasteiger partial charge in [0.1, 0.15) is 43.2 Å². The van der Waals surface area contributed by atoms with Gasteiger partial charge in [0, 0.05) is 12.8 Å². The highest BCUT2D eigenvalue weighted by Crippen LogP contribution is 2.47. The number of unbranched alkanes of at least 4 members (excludes halogenated alkanes) is 12. The van der Waals surface area contributed by atoms with E-state index in [0.29, 0.717) is 12.8 Å². The van der Waals surface area contributed by atoms with E-state index >= 15 is 0 Å². The Morgan fingerprint density at radius 1 is 0.564 bits per heavy atom. The zero-order chi connectivity index (χ0) is 40.7. The molecule has 6 N–H and O–H groups in total. The Morgan fingerprint density at radius 2 is 1.00 bits per heavy atom. The van der Waals surface area contributed by atoms with Gasteiger partial charge in [0.05, 0.1) is 6.61 Å². The van der Waals surface area contributed by atoms with Gasteiger partial charge in [-0.15, -0.1) is 0 Å². The monoisotopic (exact) mass is 802 g/mol. The molecule has 0 aromatic rings. The quantitative estimate of drug-likeness (QED) is 0.0179. The molecule has 0 aromatic heterocycles. The van der Waals surface area contributed by atoms with Crippen molar-refractivity contribution in [1.29, 1.82) is 0 Å². The summed E-state index contributed by atoms with van der Waals surface area (Å²) < 4.78 is 33.3. The van der Waals surface area contributed by atoms with Crippen LogP contribution < -0.4 is 0 Å². The Balaban J connectivity index is 2.55.